The van der Waals surface area contributed by atoms with Gasteiger partial charge in [-0.25, -0.2) is 18.3 Å². The van der Waals surface area contributed by atoms with Gasteiger partial charge in [0.25, 0.3) is 12.0 Å². The van der Waals surface area contributed by atoms with Crippen molar-refractivity contribution in [2.24, 2.45) is 0 Å². The maximum atomic E-state index is 15.6. The molecule has 19 heteroatoms. The maximum absolute atomic E-state index is 15.6. The van der Waals surface area contributed by atoms with E-state index in [0.29, 0.717) is 16.3 Å². The first-order valence-electron chi connectivity index (χ1n) is 13.7. The van der Waals surface area contributed by atoms with Crippen molar-refractivity contribution >= 4 is 41.6 Å². The molecule has 0 saturated carbocycles. The second-order valence-electron chi connectivity index (χ2n) is 10.8. The number of anilines is 1. The number of halogens is 4. The molecule has 1 aliphatic heterocycles. The minimum Gasteiger partial charge on any atom is -0.462 e. The molecule has 1 unspecified atom stereocenters. The zero-order valence-electron chi connectivity index (χ0n) is 24.4. The van der Waals surface area contributed by atoms with Gasteiger partial charge in [0.05, 0.1) is 19.0 Å². The molecule has 1 fully saturated rings. The lowest BCUT2D eigenvalue weighted by Gasteiger charge is -2.32. The molecule has 0 aliphatic carbocycles. The Balaban J connectivity index is 1.49. The summed E-state index contributed by atoms with van der Waals surface area (Å²) in [5.74, 6) is -5.98. The zero-order valence-corrected chi connectivity index (χ0v) is 25.3. The first-order chi connectivity index (χ1) is 21.6. The summed E-state index contributed by atoms with van der Waals surface area (Å²) >= 11 is 0. The highest BCUT2D eigenvalue weighted by Gasteiger charge is 2.71. The van der Waals surface area contributed by atoms with Crippen LogP contribution in [0.2, 0.25) is 0 Å². The van der Waals surface area contributed by atoms with E-state index in [2.05, 4.69) is 20.0 Å². The Kier molecular flexibility index (Phi) is 8.87. The number of ether oxygens (including phenoxy) is 2. The zero-order chi connectivity index (χ0) is 33.6. The fourth-order valence-electron chi connectivity index (χ4n) is 4.78. The minimum absolute atomic E-state index is 0.0973. The van der Waals surface area contributed by atoms with Crippen LogP contribution in [-0.2, 0) is 23.4 Å². The van der Waals surface area contributed by atoms with Crippen molar-refractivity contribution in [3.8, 4) is 5.75 Å². The number of H-pyrrole nitrogens is 1. The summed E-state index contributed by atoms with van der Waals surface area (Å²) in [7, 11) is -4.92. The van der Waals surface area contributed by atoms with E-state index in [1.165, 1.54) is 19.1 Å². The molecule has 248 valence electrons. The third-order valence-corrected chi connectivity index (χ3v) is 8.65. The number of esters is 1. The molecule has 4 aromatic rings. The summed E-state index contributed by atoms with van der Waals surface area (Å²) in [4.78, 5) is 34.2. The van der Waals surface area contributed by atoms with Crippen molar-refractivity contribution in [2.75, 3.05) is 12.3 Å². The van der Waals surface area contributed by atoms with E-state index in [1.807, 2.05) is 0 Å². The smallest absolute Gasteiger partial charge is 0.459 e. The number of rotatable bonds is 11. The van der Waals surface area contributed by atoms with Crippen molar-refractivity contribution in [1.29, 1.82) is 0 Å². The Morgan fingerprint density at radius 1 is 1.22 bits per heavy atom. The number of hydrogen-bond donors (Lipinski definition) is 4. The normalized spacial score (nSPS) is 23.2. The largest absolute Gasteiger partial charge is 0.462 e. The maximum Gasteiger partial charge on any atom is 0.459 e. The van der Waals surface area contributed by atoms with Gasteiger partial charge in [-0.3, -0.25) is 23.7 Å². The van der Waals surface area contributed by atoms with Crippen LogP contribution in [0.4, 0.5) is 23.5 Å². The molecule has 3 heterocycles. The molecule has 0 spiro atoms. The van der Waals surface area contributed by atoms with Crippen molar-refractivity contribution in [3.05, 3.63) is 59.1 Å². The quantitative estimate of drug-likeness (QED) is 0.103. The summed E-state index contributed by atoms with van der Waals surface area (Å²) in [6.07, 6.45) is -9.74. The van der Waals surface area contributed by atoms with E-state index in [4.69, 9.17) is 24.3 Å². The number of carbonyl (C=O) groups is 1. The van der Waals surface area contributed by atoms with Gasteiger partial charge in [0.2, 0.25) is 12.2 Å². The number of nitrogens with two attached hydrogens (primary N) is 1. The van der Waals surface area contributed by atoms with Crippen LogP contribution >= 0.6 is 7.75 Å². The van der Waals surface area contributed by atoms with Gasteiger partial charge in [-0.15, -0.1) is 0 Å². The Morgan fingerprint density at radius 2 is 1.91 bits per heavy atom. The first kappa shape index (κ1) is 33.3. The number of aromatic amines is 1. The number of aliphatic hydroxyl groups excluding tert-OH is 1. The summed E-state index contributed by atoms with van der Waals surface area (Å²) in [5, 5.41) is 14.3. The molecule has 5 rings (SSSR count). The average Bonchev–Trinajstić information content (AvgIpc) is 3.48. The Bertz CT molecular complexity index is 1870. The highest BCUT2D eigenvalue weighted by Crippen LogP contribution is 2.54. The molecule has 2 aromatic heterocycles. The van der Waals surface area contributed by atoms with E-state index >= 15 is 8.78 Å². The number of nitrogens with zero attached hydrogens (tertiary/aromatic N) is 3. The number of aliphatic hydroxyl groups is 1. The molecular weight excluding hydrogens is 643 g/mol. The predicted molar refractivity (Wildman–Crippen MR) is 154 cm³/mol. The topological polar surface area (TPSA) is 193 Å². The number of hydrogen-bond acceptors (Lipinski definition) is 11. The fraction of sp³-hybridized carbons (Fsp3) is 0.407. The van der Waals surface area contributed by atoms with E-state index < -0.39 is 85.4 Å². The van der Waals surface area contributed by atoms with Crippen LogP contribution in [0.5, 0.6) is 5.75 Å². The summed E-state index contributed by atoms with van der Waals surface area (Å²) < 4.78 is 96.1. The summed E-state index contributed by atoms with van der Waals surface area (Å²) in [6.45, 7) is 2.70. The molecule has 0 bridgehead atoms. The first-order valence-corrected chi connectivity index (χ1v) is 15.3. The van der Waals surface area contributed by atoms with Gasteiger partial charge >= 0.3 is 19.6 Å². The van der Waals surface area contributed by atoms with Crippen LogP contribution in [0.1, 0.15) is 27.0 Å². The number of benzene rings is 2. The lowest BCUT2D eigenvalue weighted by Crippen LogP contribution is -2.54. The van der Waals surface area contributed by atoms with Crippen LogP contribution in [0.25, 0.3) is 21.9 Å². The van der Waals surface area contributed by atoms with Gasteiger partial charge in [-0.1, -0.05) is 30.3 Å². The Hall–Kier alpha value is -4.09. The highest BCUT2D eigenvalue weighted by atomic mass is 31.2. The number of carbonyl (C=O) groups excluding carboxylic acids is 1. The highest BCUT2D eigenvalue weighted by molar-refractivity contribution is 7.52. The number of nitrogen functional groups attached to an aromatic ring is 1. The van der Waals surface area contributed by atoms with Crippen molar-refractivity contribution in [3.63, 3.8) is 0 Å². The van der Waals surface area contributed by atoms with Gasteiger partial charge in [0.15, 0.2) is 22.9 Å². The molecule has 2 aromatic carbocycles. The molecule has 5 N–H and O–H groups in total. The number of nitrogens with one attached hydrogen (secondary N) is 2. The predicted octanol–water partition coefficient (Wildman–Crippen LogP) is 3.52. The molecule has 1 aliphatic rings. The second-order valence-corrected chi connectivity index (χ2v) is 12.5. The number of alkyl halides is 4. The van der Waals surface area contributed by atoms with Gasteiger partial charge in [0.1, 0.15) is 11.8 Å². The van der Waals surface area contributed by atoms with Crippen LogP contribution in [0, 0.1) is 0 Å². The third-order valence-electron chi connectivity index (χ3n) is 7.02. The van der Waals surface area contributed by atoms with Crippen molar-refractivity contribution in [1.82, 2.24) is 24.6 Å². The average molecular weight is 673 g/mol. The standard InChI is InChI=1S/C27H29F4N6O8P/c1-13(2)43-21(39)14(3)36-46(41,45-17-9-8-15-6-4-5-7-16(15)10-17)42-11-26(23(28)29)22(40)27(30,31)24(44-26)37-12-33-18-19(37)34-25(32)35-20(18)38/h4-10,12-14,22-24,40H,11H2,1-3H3,(H,36,41)(H3,32,34,35,38)/t14-,22+,24+,26+,46?/m0/s1. The van der Waals surface area contributed by atoms with Crippen LogP contribution in [0.15, 0.2) is 53.6 Å². The van der Waals surface area contributed by atoms with E-state index in [1.54, 1.807) is 44.2 Å². The van der Waals surface area contributed by atoms with E-state index in [0.717, 1.165) is 5.39 Å². The van der Waals surface area contributed by atoms with Gasteiger partial charge in [-0.2, -0.15) is 18.9 Å². The van der Waals surface area contributed by atoms with E-state index in [9.17, 15) is 28.0 Å². The fourth-order valence-corrected chi connectivity index (χ4v) is 6.30. The molecule has 14 nitrogen and oxygen atoms in total. The molecular formula is C27H29F4N6O8P. The second kappa shape index (κ2) is 12.3. The molecule has 0 amide bonds. The molecule has 46 heavy (non-hydrogen) atoms. The Morgan fingerprint density at radius 3 is 2.59 bits per heavy atom. The van der Waals surface area contributed by atoms with Crippen molar-refractivity contribution in [2.45, 2.75) is 63.2 Å². The van der Waals surface area contributed by atoms with Gasteiger partial charge < -0.3 is 24.8 Å². The van der Waals surface area contributed by atoms with E-state index in [-0.39, 0.29) is 5.75 Å². The van der Waals surface area contributed by atoms with Gasteiger partial charge in [0, 0.05) is 0 Å². The van der Waals surface area contributed by atoms with Crippen LogP contribution in [0.3, 0.4) is 0 Å². The Labute approximate surface area is 257 Å². The minimum atomic E-state index is -4.92. The van der Waals surface area contributed by atoms with Gasteiger partial charge in [-0.05, 0) is 43.7 Å². The summed E-state index contributed by atoms with van der Waals surface area (Å²) in [6, 6.07) is 10.00. The monoisotopic (exact) mass is 672 g/mol. The molecule has 0 radical (unpaired) electrons. The molecule has 1 saturated heterocycles. The number of aromatic nitrogens is 4. The van der Waals surface area contributed by atoms with Crippen LogP contribution < -0.4 is 20.9 Å². The number of imidazole rings is 1. The summed E-state index contributed by atoms with van der Waals surface area (Å²) in [5.41, 5.74) is 0.0703. The van der Waals surface area contributed by atoms with Crippen LogP contribution in [-0.4, -0.2) is 73.4 Å². The molecule has 5 atom stereocenters. The lowest BCUT2D eigenvalue weighted by atomic mass is 9.96. The number of fused-ring (bicyclic) bond motifs is 2. The van der Waals surface area contributed by atoms with Crippen molar-refractivity contribution < 1.29 is 50.5 Å². The third kappa shape index (κ3) is 6.18. The lowest BCUT2D eigenvalue weighted by molar-refractivity contribution is -0.191. The SMILES string of the molecule is CC(C)OC(=O)[C@H](C)NP(=O)(OC[C@@]1(C(F)F)O[C@@H](n2cnc3c(=O)[nH]c(N)nc32)C(F)(F)[C@@H]1O)Oc1ccc2ccccc2c1.